The summed E-state index contributed by atoms with van der Waals surface area (Å²) in [5.41, 5.74) is -0.952. The minimum absolute atomic E-state index is 0.0392. The number of hydrogen-bond acceptors (Lipinski definition) is 6. The van der Waals surface area contributed by atoms with Gasteiger partial charge in [-0.1, -0.05) is 32.5 Å². The van der Waals surface area contributed by atoms with E-state index in [4.69, 9.17) is 4.84 Å². The van der Waals surface area contributed by atoms with E-state index in [9.17, 15) is 19.2 Å². The van der Waals surface area contributed by atoms with E-state index in [-0.39, 0.29) is 11.5 Å². The molecular weight excluding hydrogens is 318 g/mol. The third-order valence-electron chi connectivity index (χ3n) is 2.99. The van der Waals surface area contributed by atoms with Gasteiger partial charge in [-0.2, -0.15) is 0 Å². The zero-order chi connectivity index (χ0) is 18.4. The second kappa shape index (κ2) is 8.47. The molecule has 0 bridgehead atoms. The first-order chi connectivity index (χ1) is 10.3. The summed E-state index contributed by atoms with van der Waals surface area (Å²) in [4.78, 5) is 52.1. The summed E-state index contributed by atoms with van der Waals surface area (Å²) in [7, 11) is 0. The predicted octanol–water partition coefficient (Wildman–Crippen LogP) is 3.09. The van der Waals surface area contributed by atoms with Crippen LogP contribution in [0.5, 0.6) is 0 Å². The monoisotopic (exact) mass is 345 g/mol. The standard InChI is InChI=1S/C16H27NO5S/c1-8-9-13(20)17(11(2)18)22-14(21)15(4,5)10-16(6,7)23-12(3)19/h8-10H2,1-7H3. The molecule has 6 nitrogen and oxygen atoms in total. The van der Waals surface area contributed by atoms with Gasteiger partial charge in [0.15, 0.2) is 5.12 Å². The minimum Gasteiger partial charge on any atom is -0.330 e. The molecule has 0 aliphatic heterocycles. The largest absolute Gasteiger partial charge is 0.338 e. The van der Waals surface area contributed by atoms with E-state index >= 15 is 0 Å². The summed E-state index contributed by atoms with van der Waals surface area (Å²) in [5.74, 6) is -1.85. The highest BCUT2D eigenvalue weighted by Crippen LogP contribution is 2.38. The molecule has 0 unspecified atom stereocenters. The van der Waals surface area contributed by atoms with E-state index in [1.54, 1.807) is 20.8 Å². The molecule has 132 valence electrons. The molecule has 0 aliphatic carbocycles. The van der Waals surface area contributed by atoms with Crippen LogP contribution in [0, 0.1) is 5.41 Å². The van der Waals surface area contributed by atoms with Crippen LogP contribution in [0.25, 0.3) is 0 Å². The average Bonchev–Trinajstić information content (AvgIpc) is 2.31. The number of carbonyl (C=O) groups excluding carboxylic acids is 4. The molecule has 0 N–H and O–H groups in total. The predicted molar refractivity (Wildman–Crippen MR) is 89.3 cm³/mol. The Hall–Kier alpha value is -1.37. The lowest BCUT2D eigenvalue weighted by Crippen LogP contribution is -2.42. The van der Waals surface area contributed by atoms with E-state index in [0.29, 0.717) is 17.9 Å². The Morgan fingerprint density at radius 2 is 1.57 bits per heavy atom. The lowest BCUT2D eigenvalue weighted by Gasteiger charge is -2.32. The van der Waals surface area contributed by atoms with Crippen molar-refractivity contribution < 1.29 is 24.0 Å². The Kier molecular flexibility index (Phi) is 7.97. The third-order valence-corrected chi connectivity index (χ3v) is 3.98. The first-order valence-corrected chi connectivity index (χ1v) is 8.39. The van der Waals surface area contributed by atoms with Gasteiger partial charge in [0.1, 0.15) is 0 Å². The molecule has 0 aromatic carbocycles. The zero-order valence-corrected chi connectivity index (χ0v) is 15.8. The smallest absolute Gasteiger partial charge is 0.330 e. The van der Waals surface area contributed by atoms with Gasteiger partial charge in [0.25, 0.3) is 11.8 Å². The number of imide groups is 1. The number of amides is 2. The quantitative estimate of drug-likeness (QED) is 0.688. The summed E-state index contributed by atoms with van der Waals surface area (Å²) in [6.45, 7) is 11.5. The van der Waals surface area contributed by atoms with Crippen LogP contribution in [0.15, 0.2) is 0 Å². The number of carbonyl (C=O) groups is 4. The van der Waals surface area contributed by atoms with Crippen molar-refractivity contribution in [1.29, 1.82) is 0 Å². The van der Waals surface area contributed by atoms with Crippen LogP contribution in [-0.2, 0) is 24.0 Å². The molecule has 0 radical (unpaired) electrons. The van der Waals surface area contributed by atoms with Gasteiger partial charge < -0.3 is 4.84 Å². The molecule has 0 spiro atoms. The SMILES string of the molecule is CCCC(=O)N(OC(=O)C(C)(C)CC(C)(C)SC(C)=O)C(C)=O. The van der Waals surface area contributed by atoms with Crippen LogP contribution in [0.4, 0.5) is 0 Å². The fraction of sp³-hybridized carbons (Fsp3) is 0.750. The highest BCUT2D eigenvalue weighted by atomic mass is 32.2. The Labute approximate surface area is 142 Å². The van der Waals surface area contributed by atoms with E-state index in [1.165, 1.54) is 13.8 Å². The zero-order valence-electron chi connectivity index (χ0n) is 15.0. The van der Waals surface area contributed by atoms with Crippen LogP contribution in [0.1, 0.15) is 67.7 Å². The molecule has 0 atom stereocenters. The van der Waals surface area contributed by atoms with Crippen molar-refractivity contribution in [2.24, 2.45) is 5.41 Å². The second-order valence-corrected chi connectivity index (χ2v) is 8.63. The summed E-state index contributed by atoms with van der Waals surface area (Å²) < 4.78 is -0.469. The first kappa shape index (κ1) is 21.6. The van der Waals surface area contributed by atoms with Crippen LogP contribution in [0.3, 0.4) is 0 Å². The van der Waals surface area contributed by atoms with E-state index in [2.05, 4.69) is 0 Å². The van der Waals surface area contributed by atoms with Crippen molar-refractivity contribution in [3.63, 3.8) is 0 Å². The van der Waals surface area contributed by atoms with Gasteiger partial charge in [-0.3, -0.25) is 14.4 Å². The van der Waals surface area contributed by atoms with Gasteiger partial charge in [-0.05, 0) is 26.7 Å². The highest BCUT2D eigenvalue weighted by molar-refractivity contribution is 8.14. The molecule has 2 amide bonds. The maximum absolute atomic E-state index is 12.4. The van der Waals surface area contributed by atoms with Gasteiger partial charge >= 0.3 is 5.97 Å². The van der Waals surface area contributed by atoms with E-state index in [1.807, 2.05) is 13.8 Å². The molecule has 0 fully saturated rings. The molecule has 7 heteroatoms. The minimum atomic E-state index is -0.952. The van der Waals surface area contributed by atoms with Crippen LogP contribution in [0.2, 0.25) is 0 Å². The van der Waals surface area contributed by atoms with E-state index < -0.39 is 27.9 Å². The van der Waals surface area contributed by atoms with Crippen LogP contribution < -0.4 is 0 Å². The number of thioether (sulfide) groups is 1. The first-order valence-electron chi connectivity index (χ1n) is 7.58. The third kappa shape index (κ3) is 7.63. The van der Waals surface area contributed by atoms with Crippen molar-refractivity contribution >= 4 is 34.7 Å². The summed E-state index contributed by atoms with van der Waals surface area (Å²) in [5, 5.41) is 0.487. The second-order valence-electron chi connectivity index (χ2n) is 6.75. The fourth-order valence-corrected chi connectivity index (χ4v) is 3.59. The topological polar surface area (TPSA) is 80.8 Å². The van der Waals surface area contributed by atoms with Crippen molar-refractivity contribution in [1.82, 2.24) is 5.06 Å². The summed E-state index contributed by atoms with van der Waals surface area (Å²) in [6.07, 6.45) is 1.03. The highest BCUT2D eigenvalue weighted by Gasteiger charge is 2.39. The van der Waals surface area contributed by atoms with Gasteiger partial charge in [-0.25, -0.2) is 4.79 Å². The number of hydroxylamine groups is 2. The van der Waals surface area contributed by atoms with Gasteiger partial charge in [0.2, 0.25) is 0 Å². The molecular formula is C16H27NO5S. The Morgan fingerprint density at radius 3 is 1.96 bits per heavy atom. The Balaban J connectivity index is 5.06. The Morgan fingerprint density at radius 1 is 1.04 bits per heavy atom. The maximum Gasteiger partial charge on any atom is 0.338 e. The number of rotatable bonds is 6. The van der Waals surface area contributed by atoms with Crippen LogP contribution >= 0.6 is 11.8 Å². The number of hydrogen-bond donors (Lipinski definition) is 0. The maximum atomic E-state index is 12.4. The molecule has 0 saturated heterocycles. The molecule has 23 heavy (non-hydrogen) atoms. The summed E-state index contributed by atoms with van der Waals surface area (Å²) in [6, 6.07) is 0. The van der Waals surface area contributed by atoms with Gasteiger partial charge in [-0.15, -0.1) is 5.06 Å². The van der Waals surface area contributed by atoms with E-state index in [0.717, 1.165) is 11.8 Å². The Bertz CT molecular complexity index is 485. The van der Waals surface area contributed by atoms with Crippen molar-refractivity contribution in [2.45, 2.75) is 72.5 Å². The van der Waals surface area contributed by atoms with Crippen molar-refractivity contribution in [2.75, 3.05) is 0 Å². The lowest BCUT2D eigenvalue weighted by molar-refractivity contribution is -0.208. The number of nitrogens with zero attached hydrogens (tertiary/aromatic N) is 1. The average molecular weight is 345 g/mol. The van der Waals surface area contributed by atoms with Crippen LogP contribution in [-0.4, -0.2) is 32.7 Å². The molecule has 0 saturated carbocycles. The molecule has 0 aromatic heterocycles. The molecule has 0 heterocycles. The lowest BCUT2D eigenvalue weighted by atomic mass is 9.84. The molecule has 0 aromatic rings. The fourth-order valence-electron chi connectivity index (χ4n) is 2.37. The normalized spacial score (nSPS) is 11.8. The molecule has 0 rings (SSSR count). The van der Waals surface area contributed by atoms with Gasteiger partial charge in [0.05, 0.1) is 5.41 Å². The van der Waals surface area contributed by atoms with Gasteiger partial charge in [0, 0.05) is 25.0 Å². The molecule has 0 aliphatic rings. The summed E-state index contributed by atoms with van der Waals surface area (Å²) >= 11 is 1.15. The van der Waals surface area contributed by atoms with Crippen molar-refractivity contribution in [3.05, 3.63) is 0 Å². The van der Waals surface area contributed by atoms with Crippen molar-refractivity contribution in [3.8, 4) is 0 Å².